The first kappa shape index (κ1) is 23.2. The molecule has 2 aromatic rings. The van der Waals surface area contributed by atoms with E-state index in [2.05, 4.69) is 10.6 Å². The number of hydrogen-bond donors (Lipinski definition) is 2. The minimum atomic E-state index is -3.60. The molecule has 166 valence electrons. The Morgan fingerprint density at radius 2 is 1.71 bits per heavy atom. The number of sulfonamides is 1. The molecular weight excluding hydrogens is 438 g/mol. The Kier molecular flexibility index (Phi) is 7.69. The summed E-state index contributed by atoms with van der Waals surface area (Å²) >= 11 is 6.11. The molecule has 1 fully saturated rings. The predicted octanol–water partition coefficient (Wildman–Crippen LogP) is 3.41. The van der Waals surface area contributed by atoms with Crippen LogP contribution in [0.2, 0.25) is 5.02 Å². The molecule has 0 bridgehead atoms. The first-order valence-corrected chi connectivity index (χ1v) is 12.0. The molecule has 0 unspecified atom stereocenters. The number of amides is 2. The number of benzene rings is 2. The minimum absolute atomic E-state index is 0.0604. The second kappa shape index (κ2) is 10.3. The van der Waals surface area contributed by atoms with Gasteiger partial charge in [0.2, 0.25) is 21.8 Å². The van der Waals surface area contributed by atoms with Crippen LogP contribution in [-0.4, -0.2) is 37.6 Å². The molecule has 1 aliphatic heterocycles. The van der Waals surface area contributed by atoms with Gasteiger partial charge in [0.25, 0.3) is 0 Å². The molecule has 0 atom stereocenters. The summed E-state index contributed by atoms with van der Waals surface area (Å²) < 4.78 is 27.2. The molecule has 0 aliphatic carbocycles. The van der Waals surface area contributed by atoms with Gasteiger partial charge in [-0.1, -0.05) is 29.8 Å². The average molecular weight is 464 g/mol. The summed E-state index contributed by atoms with van der Waals surface area (Å²) in [4.78, 5) is 23.6. The minimum Gasteiger partial charge on any atom is -0.352 e. The lowest BCUT2D eigenvalue weighted by Crippen LogP contribution is -2.39. The van der Waals surface area contributed by atoms with E-state index in [0.717, 1.165) is 5.56 Å². The fourth-order valence-electron chi connectivity index (χ4n) is 3.59. The van der Waals surface area contributed by atoms with Crippen LogP contribution >= 0.6 is 11.6 Å². The third-order valence-corrected chi connectivity index (χ3v) is 7.58. The van der Waals surface area contributed by atoms with Crippen molar-refractivity contribution in [2.75, 3.05) is 18.4 Å². The van der Waals surface area contributed by atoms with Gasteiger partial charge in [0.15, 0.2) is 0 Å². The average Bonchev–Trinajstić information content (AvgIpc) is 2.73. The zero-order valence-electron chi connectivity index (χ0n) is 17.3. The van der Waals surface area contributed by atoms with Gasteiger partial charge in [0, 0.05) is 43.7 Å². The molecule has 0 aromatic heterocycles. The van der Waals surface area contributed by atoms with Gasteiger partial charge in [0.05, 0.1) is 4.90 Å². The number of anilines is 1. The van der Waals surface area contributed by atoms with Gasteiger partial charge in [-0.15, -0.1) is 0 Å². The van der Waals surface area contributed by atoms with Crippen molar-refractivity contribution in [1.82, 2.24) is 9.62 Å². The molecule has 9 heteroatoms. The monoisotopic (exact) mass is 463 g/mol. The summed E-state index contributed by atoms with van der Waals surface area (Å²) in [5.74, 6) is -0.136. The van der Waals surface area contributed by atoms with Crippen LogP contribution in [0.25, 0.3) is 0 Å². The predicted molar refractivity (Wildman–Crippen MR) is 120 cm³/mol. The second-order valence-electron chi connectivity index (χ2n) is 7.63. The van der Waals surface area contributed by atoms with Crippen molar-refractivity contribution in [2.24, 2.45) is 5.92 Å². The molecule has 0 saturated carbocycles. The molecular formula is C22H26ClN3O4S. The van der Waals surface area contributed by atoms with Crippen LogP contribution in [0.5, 0.6) is 0 Å². The van der Waals surface area contributed by atoms with E-state index < -0.39 is 10.0 Å². The SMILES string of the molecule is CC(=O)Nc1ccc(S(=O)(=O)N2CCC(CC(=O)NCc3ccccc3Cl)CC2)cc1. The van der Waals surface area contributed by atoms with Gasteiger partial charge in [-0.25, -0.2) is 8.42 Å². The zero-order chi connectivity index (χ0) is 22.4. The van der Waals surface area contributed by atoms with E-state index in [9.17, 15) is 18.0 Å². The lowest BCUT2D eigenvalue weighted by molar-refractivity contribution is -0.122. The van der Waals surface area contributed by atoms with Crippen molar-refractivity contribution in [3.05, 3.63) is 59.1 Å². The number of halogens is 1. The number of piperidine rings is 1. The van der Waals surface area contributed by atoms with Gasteiger partial charge < -0.3 is 10.6 Å². The maximum atomic E-state index is 12.9. The van der Waals surface area contributed by atoms with Gasteiger partial charge in [-0.3, -0.25) is 9.59 Å². The van der Waals surface area contributed by atoms with Gasteiger partial charge in [0.1, 0.15) is 0 Å². The highest BCUT2D eigenvalue weighted by molar-refractivity contribution is 7.89. The highest BCUT2D eigenvalue weighted by Gasteiger charge is 2.30. The van der Waals surface area contributed by atoms with E-state index in [1.54, 1.807) is 18.2 Å². The van der Waals surface area contributed by atoms with Crippen LogP contribution in [0, 0.1) is 5.92 Å². The zero-order valence-corrected chi connectivity index (χ0v) is 18.9. The summed E-state index contributed by atoms with van der Waals surface area (Å²) in [5, 5.41) is 6.12. The van der Waals surface area contributed by atoms with E-state index in [1.165, 1.54) is 23.4 Å². The summed E-state index contributed by atoms with van der Waals surface area (Å²) in [5.41, 5.74) is 1.41. The highest BCUT2D eigenvalue weighted by Crippen LogP contribution is 2.26. The number of nitrogens with one attached hydrogen (secondary N) is 2. The molecule has 1 aliphatic rings. The Bertz CT molecular complexity index is 1030. The van der Waals surface area contributed by atoms with E-state index in [1.807, 2.05) is 18.2 Å². The van der Waals surface area contributed by atoms with Gasteiger partial charge >= 0.3 is 0 Å². The van der Waals surface area contributed by atoms with Crippen LogP contribution in [0.3, 0.4) is 0 Å². The molecule has 1 saturated heterocycles. The maximum absolute atomic E-state index is 12.9. The van der Waals surface area contributed by atoms with Crippen molar-refractivity contribution in [1.29, 1.82) is 0 Å². The Labute approximate surface area is 187 Å². The molecule has 2 N–H and O–H groups in total. The quantitative estimate of drug-likeness (QED) is 0.657. The molecule has 1 heterocycles. The molecule has 0 radical (unpaired) electrons. The number of rotatable bonds is 7. The van der Waals surface area contributed by atoms with Crippen molar-refractivity contribution < 1.29 is 18.0 Å². The second-order valence-corrected chi connectivity index (χ2v) is 9.97. The molecule has 31 heavy (non-hydrogen) atoms. The summed E-state index contributed by atoms with van der Waals surface area (Å²) in [6.07, 6.45) is 1.62. The standard InChI is InChI=1S/C22H26ClN3O4S/c1-16(27)25-19-6-8-20(9-7-19)31(29,30)26-12-10-17(11-13-26)14-22(28)24-15-18-4-2-3-5-21(18)23/h2-9,17H,10-15H2,1H3,(H,24,28)(H,25,27). The van der Waals surface area contributed by atoms with Crippen molar-refractivity contribution >= 4 is 39.1 Å². The van der Waals surface area contributed by atoms with Crippen molar-refractivity contribution in [2.45, 2.75) is 37.6 Å². The van der Waals surface area contributed by atoms with Crippen molar-refractivity contribution in [3.8, 4) is 0 Å². The third-order valence-electron chi connectivity index (χ3n) is 5.29. The first-order chi connectivity index (χ1) is 14.8. The Hall–Kier alpha value is -2.42. The van der Waals surface area contributed by atoms with Crippen LogP contribution in [0.4, 0.5) is 5.69 Å². The van der Waals surface area contributed by atoms with Crippen LogP contribution in [0.15, 0.2) is 53.4 Å². The number of nitrogens with zero attached hydrogens (tertiary/aromatic N) is 1. The van der Waals surface area contributed by atoms with Gasteiger partial charge in [-0.2, -0.15) is 4.31 Å². The topological polar surface area (TPSA) is 95.6 Å². The fourth-order valence-corrected chi connectivity index (χ4v) is 5.26. The lowest BCUT2D eigenvalue weighted by Gasteiger charge is -2.31. The summed E-state index contributed by atoms with van der Waals surface area (Å²) in [6.45, 7) is 2.52. The first-order valence-electron chi connectivity index (χ1n) is 10.1. The number of hydrogen-bond acceptors (Lipinski definition) is 4. The van der Waals surface area contributed by atoms with Gasteiger partial charge in [-0.05, 0) is 54.7 Å². The summed E-state index contributed by atoms with van der Waals surface area (Å²) in [7, 11) is -3.60. The number of carbonyl (C=O) groups excluding carboxylic acids is 2. The maximum Gasteiger partial charge on any atom is 0.243 e. The number of carbonyl (C=O) groups is 2. The molecule has 2 amide bonds. The Morgan fingerprint density at radius 1 is 1.06 bits per heavy atom. The van der Waals surface area contributed by atoms with E-state index in [0.29, 0.717) is 49.6 Å². The smallest absolute Gasteiger partial charge is 0.243 e. The highest BCUT2D eigenvalue weighted by atomic mass is 35.5. The summed E-state index contributed by atoms with van der Waals surface area (Å²) in [6, 6.07) is 13.5. The largest absolute Gasteiger partial charge is 0.352 e. The lowest BCUT2D eigenvalue weighted by atomic mass is 9.94. The van der Waals surface area contributed by atoms with E-state index in [-0.39, 0.29) is 22.6 Å². The fraction of sp³-hybridized carbons (Fsp3) is 0.364. The van der Waals surface area contributed by atoms with Crippen LogP contribution in [-0.2, 0) is 26.2 Å². The Morgan fingerprint density at radius 3 is 2.32 bits per heavy atom. The van der Waals surface area contributed by atoms with E-state index in [4.69, 9.17) is 11.6 Å². The molecule has 0 spiro atoms. The normalized spacial score (nSPS) is 15.4. The van der Waals surface area contributed by atoms with Crippen LogP contribution in [0.1, 0.15) is 31.7 Å². The van der Waals surface area contributed by atoms with E-state index >= 15 is 0 Å². The van der Waals surface area contributed by atoms with Crippen LogP contribution < -0.4 is 10.6 Å². The third kappa shape index (κ3) is 6.29. The molecule has 2 aromatic carbocycles. The Balaban J connectivity index is 1.49. The molecule has 7 nitrogen and oxygen atoms in total. The van der Waals surface area contributed by atoms with Crippen molar-refractivity contribution in [3.63, 3.8) is 0 Å². The molecule has 3 rings (SSSR count).